The normalized spacial score (nSPS) is 31.7. The number of halogens is 1. The van der Waals surface area contributed by atoms with E-state index in [-0.39, 0.29) is 30.1 Å². The van der Waals surface area contributed by atoms with Gasteiger partial charge < -0.3 is 0 Å². The molecule has 0 radical (unpaired) electrons. The van der Waals surface area contributed by atoms with Crippen LogP contribution in [0.3, 0.4) is 0 Å². The van der Waals surface area contributed by atoms with Crippen LogP contribution in [0, 0.1) is 17.7 Å². The molecule has 1 aliphatic carbocycles. The van der Waals surface area contributed by atoms with Crippen molar-refractivity contribution in [3.8, 4) is 0 Å². The maximum Gasteiger partial charge on any atom is 0.251 e. The second-order valence-corrected chi connectivity index (χ2v) is 7.02. The fourth-order valence-electron chi connectivity index (χ4n) is 4.46. The minimum atomic E-state index is -0.368. The fourth-order valence-corrected chi connectivity index (χ4v) is 4.46. The van der Waals surface area contributed by atoms with Crippen molar-refractivity contribution in [2.45, 2.75) is 38.1 Å². The molecule has 0 spiro atoms. The van der Waals surface area contributed by atoms with Gasteiger partial charge in [0.2, 0.25) is 5.91 Å². The van der Waals surface area contributed by atoms with Crippen LogP contribution in [0.2, 0.25) is 0 Å². The molecular formula is C18H21FN2O2. The van der Waals surface area contributed by atoms with Gasteiger partial charge in [-0.1, -0.05) is 12.8 Å². The molecule has 23 heavy (non-hydrogen) atoms. The van der Waals surface area contributed by atoms with Crippen molar-refractivity contribution in [3.05, 3.63) is 30.1 Å². The number of fused-ring (bicyclic) bond motifs is 1. The van der Waals surface area contributed by atoms with Crippen molar-refractivity contribution in [1.29, 1.82) is 0 Å². The number of likely N-dealkylation sites (tertiary alicyclic amines) is 1. The highest BCUT2D eigenvalue weighted by molar-refractivity contribution is 6.22. The number of nitrogens with zero attached hydrogens (tertiary/aromatic N) is 2. The van der Waals surface area contributed by atoms with Crippen molar-refractivity contribution in [1.82, 2.24) is 4.90 Å². The smallest absolute Gasteiger partial charge is 0.251 e. The Morgan fingerprint density at radius 2 is 1.57 bits per heavy atom. The van der Waals surface area contributed by atoms with E-state index in [0.717, 1.165) is 13.1 Å². The second-order valence-electron chi connectivity index (χ2n) is 7.02. The molecule has 2 amide bonds. The lowest BCUT2D eigenvalue weighted by molar-refractivity contribution is -0.122. The molecule has 122 valence electrons. The summed E-state index contributed by atoms with van der Waals surface area (Å²) in [6.07, 6.45) is 5.31. The van der Waals surface area contributed by atoms with Gasteiger partial charge in [0, 0.05) is 13.1 Å². The van der Waals surface area contributed by atoms with E-state index in [9.17, 15) is 14.0 Å². The SMILES string of the molecule is O=C1C[C@@H](N2C[C@H]3CCCC[C@H]3C2)C(=O)N1c1ccc(F)cc1. The average Bonchev–Trinajstić information content (AvgIpc) is 3.09. The molecule has 0 aromatic heterocycles. The molecule has 2 heterocycles. The van der Waals surface area contributed by atoms with Crippen LogP contribution in [0.25, 0.3) is 0 Å². The van der Waals surface area contributed by atoms with E-state index in [0.29, 0.717) is 17.5 Å². The Bertz CT molecular complexity index is 616. The zero-order valence-electron chi connectivity index (χ0n) is 13.1. The van der Waals surface area contributed by atoms with Gasteiger partial charge >= 0.3 is 0 Å². The summed E-state index contributed by atoms with van der Waals surface area (Å²) in [5.41, 5.74) is 0.473. The number of hydrogen-bond acceptors (Lipinski definition) is 3. The number of benzene rings is 1. The van der Waals surface area contributed by atoms with Gasteiger partial charge in [0.05, 0.1) is 18.2 Å². The van der Waals surface area contributed by atoms with Gasteiger partial charge in [-0.25, -0.2) is 9.29 Å². The topological polar surface area (TPSA) is 40.6 Å². The minimum Gasteiger partial charge on any atom is -0.291 e. The first-order valence-electron chi connectivity index (χ1n) is 8.50. The Morgan fingerprint density at radius 1 is 0.957 bits per heavy atom. The highest BCUT2D eigenvalue weighted by atomic mass is 19.1. The zero-order valence-corrected chi connectivity index (χ0v) is 13.1. The van der Waals surface area contributed by atoms with Crippen LogP contribution >= 0.6 is 0 Å². The molecule has 3 aliphatic rings. The summed E-state index contributed by atoms with van der Waals surface area (Å²) >= 11 is 0. The van der Waals surface area contributed by atoms with Gasteiger partial charge in [0.25, 0.3) is 5.91 Å². The van der Waals surface area contributed by atoms with E-state index in [1.165, 1.54) is 54.8 Å². The number of hydrogen-bond donors (Lipinski definition) is 0. The number of carbonyl (C=O) groups is 2. The van der Waals surface area contributed by atoms with Crippen LogP contribution in [0.5, 0.6) is 0 Å². The Hall–Kier alpha value is -1.75. The van der Waals surface area contributed by atoms with Crippen LogP contribution in [-0.4, -0.2) is 35.8 Å². The molecule has 3 atom stereocenters. The summed E-state index contributed by atoms with van der Waals surface area (Å²) < 4.78 is 13.1. The van der Waals surface area contributed by atoms with E-state index in [1.807, 2.05) is 0 Å². The standard InChI is InChI=1S/C18H21FN2O2/c19-14-5-7-15(8-6-14)21-17(22)9-16(18(21)23)20-10-12-3-1-2-4-13(12)11-20/h5-8,12-13,16H,1-4,9-11H2/t12-,13+,16-/m1/s1. The van der Waals surface area contributed by atoms with Crippen LogP contribution < -0.4 is 4.90 Å². The first-order chi connectivity index (χ1) is 11.1. The summed E-state index contributed by atoms with van der Waals surface area (Å²) in [7, 11) is 0. The van der Waals surface area contributed by atoms with Crippen LogP contribution in [0.1, 0.15) is 32.1 Å². The third kappa shape index (κ3) is 2.57. The maximum atomic E-state index is 13.1. The minimum absolute atomic E-state index is 0.153. The average molecular weight is 316 g/mol. The quantitative estimate of drug-likeness (QED) is 0.788. The summed E-state index contributed by atoms with van der Waals surface area (Å²) in [5.74, 6) is 0.674. The van der Waals surface area contributed by atoms with Crippen molar-refractivity contribution in [3.63, 3.8) is 0 Å². The summed E-state index contributed by atoms with van der Waals surface area (Å²) in [6.45, 7) is 1.87. The summed E-state index contributed by atoms with van der Waals surface area (Å²) in [5, 5.41) is 0. The second kappa shape index (κ2) is 5.71. The molecule has 4 nitrogen and oxygen atoms in total. The van der Waals surface area contributed by atoms with Crippen molar-refractivity contribution >= 4 is 17.5 Å². The van der Waals surface area contributed by atoms with Crippen molar-refractivity contribution in [2.75, 3.05) is 18.0 Å². The molecular weight excluding hydrogens is 295 g/mol. The largest absolute Gasteiger partial charge is 0.291 e. The van der Waals surface area contributed by atoms with Crippen molar-refractivity contribution < 1.29 is 14.0 Å². The molecule has 0 bridgehead atoms. The lowest BCUT2D eigenvalue weighted by atomic mass is 9.82. The van der Waals surface area contributed by atoms with E-state index in [1.54, 1.807) is 0 Å². The van der Waals surface area contributed by atoms with Crippen molar-refractivity contribution in [2.24, 2.45) is 11.8 Å². The molecule has 0 unspecified atom stereocenters. The number of carbonyl (C=O) groups excluding carboxylic acids is 2. The number of amides is 2. The molecule has 1 aromatic carbocycles. The third-order valence-corrected chi connectivity index (χ3v) is 5.65. The highest BCUT2D eigenvalue weighted by Crippen LogP contribution is 2.38. The zero-order chi connectivity index (χ0) is 16.0. The van der Waals surface area contributed by atoms with Crippen LogP contribution in [0.4, 0.5) is 10.1 Å². The van der Waals surface area contributed by atoms with Gasteiger partial charge in [-0.2, -0.15) is 0 Å². The molecule has 2 saturated heterocycles. The predicted molar refractivity (Wildman–Crippen MR) is 84.3 cm³/mol. The first kappa shape index (κ1) is 14.8. The predicted octanol–water partition coefficient (Wildman–Crippen LogP) is 2.58. The molecule has 0 N–H and O–H groups in total. The monoisotopic (exact) mass is 316 g/mol. The lowest BCUT2D eigenvalue weighted by Gasteiger charge is -2.23. The molecule has 5 heteroatoms. The number of anilines is 1. The first-order valence-corrected chi connectivity index (χ1v) is 8.50. The Kier molecular flexibility index (Phi) is 3.68. The molecule has 1 saturated carbocycles. The third-order valence-electron chi connectivity index (χ3n) is 5.65. The molecule has 2 aliphatic heterocycles. The molecule has 3 fully saturated rings. The van der Waals surface area contributed by atoms with Gasteiger partial charge in [0.15, 0.2) is 0 Å². The van der Waals surface area contributed by atoms with Gasteiger partial charge in [-0.15, -0.1) is 0 Å². The Balaban J connectivity index is 1.52. The van der Waals surface area contributed by atoms with E-state index in [4.69, 9.17) is 0 Å². The Labute approximate surface area is 135 Å². The van der Waals surface area contributed by atoms with E-state index in [2.05, 4.69) is 4.90 Å². The number of imide groups is 1. The Morgan fingerprint density at radius 3 is 2.17 bits per heavy atom. The summed E-state index contributed by atoms with van der Waals surface area (Å²) in [6, 6.07) is 5.23. The van der Waals surface area contributed by atoms with Crippen LogP contribution in [0.15, 0.2) is 24.3 Å². The maximum absolute atomic E-state index is 13.1. The lowest BCUT2D eigenvalue weighted by Crippen LogP contribution is -2.41. The highest BCUT2D eigenvalue weighted by Gasteiger charge is 2.46. The van der Waals surface area contributed by atoms with Gasteiger partial charge in [0.1, 0.15) is 5.82 Å². The number of rotatable bonds is 2. The molecule has 4 rings (SSSR count). The molecule has 1 aromatic rings. The van der Waals surface area contributed by atoms with E-state index >= 15 is 0 Å². The van der Waals surface area contributed by atoms with Gasteiger partial charge in [-0.05, 0) is 48.9 Å². The fraction of sp³-hybridized carbons (Fsp3) is 0.556. The van der Waals surface area contributed by atoms with E-state index < -0.39 is 0 Å². The van der Waals surface area contributed by atoms with Crippen LogP contribution in [-0.2, 0) is 9.59 Å². The summed E-state index contributed by atoms with van der Waals surface area (Å²) in [4.78, 5) is 28.5. The van der Waals surface area contributed by atoms with Gasteiger partial charge in [-0.3, -0.25) is 14.5 Å².